The van der Waals surface area contributed by atoms with Crippen LogP contribution in [0.15, 0.2) is 6.07 Å². The molecule has 0 aliphatic heterocycles. The second-order valence-corrected chi connectivity index (χ2v) is 5.23. The third-order valence-electron chi connectivity index (χ3n) is 3.74. The number of benzene rings is 1. The molecule has 0 fully saturated rings. The summed E-state index contributed by atoms with van der Waals surface area (Å²) in [7, 11) is 0. The molecule has 0 radical (unpaired) electrons. The fraction of sp³-hybridized carbons (Fsp3) is 0.647. The zero-order valence-corrected chi connectivity index (χ0v) is 13.9. The van der Waals surface area contributed by atoms with E-state index in [1.165, 1.54) is 18.4 Å². The normalized spacial score (nSPS) is 10.3. The first-order valence-corrected chi connectivity index (χ1v) is 7.67. The second kappa shape index (κ2) is 10.1. The zero-order chi connectivity index (χ0) is 14.3. The summed E-state index contributed by atoms with van der Waals surface area (Å²) in [6.45, 7) is 6.30. The third-order valence-corrected chi connectivity index (χ3v) is 3.74. The van der Waals surface area contributed by atoms with Crippen LogP contribution in [-0.2, 0) is 35.8 Å². The van der Waals surface area contributed by atoms with Gasteiger partial charge in [-0.05, 0) is 43.2 Å². The molecule has 0 spiro atoms. The maximum atomic E-state index is 12.0. The van der Waals surface area contributed by atoms with E-state index in [9.17, 15) is 10.2 Å². The van der Waals surface area contributed by atoms with Crippen LogP contribution in [0.1, 0.15) is 69.6 Å². The van der Waals surface area contributed by atoms with Crippen molar-refractivity contribution in [3.05, 3.63) is 22.8 Å². The molecule has 1 rings (SSSR count). The van der Waals surface area contributed by atoms with Gasteiger partial charge in [0.15, 0.2) is 0 Å². The van der Waals surface area contributed by atoms with Crippen molar-refractivity contribution in [2.24, 2.45) is 0 Å². The van der Waals surface area contributed by atoms with Crippen molar-refractivity contribution in [2.45, 2.75) is 72.1 Å². The maximum absolute atomic E-state index is 12.0. The van der Waals surface area contributed by atoms with E-state index in [1.54, 1.807) is 6.07 Å². The van der Waals surface area contributed by atoms with Crippen molar-refractivity contribution in [2.75, 3.05) is 0 Å². The second-order valence-electron chi connectivity index (χ2n) is 5.23. The van der Waals surface area contributed by atoms with Crippen LogP contribution >= 0.6 is 0 Å². The molecule has 0 aliphatic rings. The van der Waals surface area contributed by atoms with E-state index in [1.807, 2.05) is 6.92 Å². The summed E-state index contributed by atoms with van der Waals surface area (Å²) < 4.78 is 0. The Morgan fingerprint density at radius 1 is 0.850 bits per heavy atom. The SMILES string of the molecule is CCCCCc1c(CCCC)cc([O-])c([O-])c1CC.[Ni+2]. The maximum Gasteiger partial charge on any atom is 2.00 e. The van der Waals surface area contributed by atoms with Crippen LogP contribution in [0.3, 0.4) is 0 Å². The van der Waals surface area contributed by atoms with Gasteiger partial charge >= 0.3 is 16.5 Å². The van der Waals surface area contributed by atoms with Gasteiger partial charge in [-0.25, -0.2) is 0 Å². The topological polar surface area (TPSA) is 46.1 Å². The number of aryl methyl sites for hydroxylation is 1. The molecule has 0 N–H and O–H groups in total. The molecule has 116 valence electrons. The van der Waals surface area contributed by atoms with Crippen molar-refractivity contribution < 1.29 is 26.7 Å². The Labute approximate surface area is 133 Å². The number of hydrogen-bond donors (Lipinski definition) is 0. The van der Waals surface area contributed by atoms with Crippen molar-refractivity contribution in [1.82, 2.24) is 0 Å². The Bertz CT molecular complexity index is 402. The minimum absolute atomic E-state index is 0. The predicted octanol–water partition coefficient (Wildman–Crippen LogP) is 3.47. The number of rotatable bonds is 8. The molecule has 0 aromatic heterocycles. The molecule has 0 bridgehead atoms. The molecule has 20 heavy (non-hydrogen) atoms. The van der Waals surface area contributed by atoms with Crippen molar-refractivity contribution >= 4 is 0 Å². The molecular weight excluding hydrogens is 295 g/mol. The van der Waals surface area contributed by atoms with Crippen LogP contribution in [0, 0.1) is 0 Å². The van der Waals surface area contributed by atoms with E-state index in [0.717, 1.165) is 43.2 Å². The van der Waals surface area contributed by atoms with Crippen LogP contribution in [0.25, 0.3) is 0 Å². The molecule has 3 heteroatoms. The summed E-state index contributed by atoms with van der Waals surface area (Å²) in [5.74, 6) is -0.587. The molecule has 0 atom stereocenters. The van der Waals surface area contributed by atoms with Crippen LogP contribution in [-0.4, -0.2) is 0 Å². The standard InChI is InChI=1S/C17H28O2.Ni/c1-4-7-9-11-15-13(10-8-5-2)12-16(18)17(19)14(15)6-3;/h12,18-19H,4-11H2,1-3H3;/q;+2/p-2. The summed E-state index contributed by atoms with van der Waals surface area (Å²) in [6, 6.07) is 1.60. The Kier molecular flexibility index (Phi) is 9.75. The van der Waals surface area contributed by atoms with Crippen LogP contribution in [0.4, 0.5) is 0 Å². The van der Waals surface area contributed by atoms with Gasteiger partial charge in [0.1, 0.15) is 0 Å². The minimum atomic E-state index is -0.317. The molecule has 0 aliphatic carbocycles. The van der Waals surface area contributed by atoms with E-state index >= 15 is 0 Å². The van der Waals surface area contributed by atoms with Gasteiger partial charge in [0.25, 0.3) is 0 Å². The average molecular weight is 321 g/mol. The van der Waals surface area contributed by atoms with Crippen molar-refractivity contribution in [3.8, 4) is 11.5 Å². The largest absolute Gasteiger partial charge is 2.00 e. The smallest absolute Gasteiger partial charge is 0.873 e. The summed E-state index contributed by atoms with van der Waals surface area (Å²) in [6.07, 6.45) is 8.23. The van der Waals surface area contributed by atoms with Crippen LogP contribution in [0.5, 0.6) is 11.5 Å². The summed E-state index contributed by atoms with van der Waals surface area (Å²) in [5.41, 5.74) is 3.07. The molecule has 0 saturated carbocycles. The zero-order valence-electron chi connectivity index (χ0n) is 12.9. The first kappa shape index (κ1) is 19.3. The number of hydrogen-bond acceptors (Lipinski definition) is 2. The quantitative estimate of drug-likeness (QED) is 0.544. The molecule has 1 aromatic carbocycles. The van der Waals surface area contributed by atoms with E-state index < -0.39 is 0 Å². The first-order valence-electron chi connectivity index (χ1n) is 7.67. The van der Waals surface area contributed by atoms with Gasteiger partial charge in [0, 0.05) is 0 Å². The third kappa shape index (κ3) is 5.01. The van der Waals surface area contributed by atoms with Gasteiger partial charge in [0.05, 0.1) is 0 Å². The molecule has 0 unspecified atom stereocenters. The van der Waals surface area contributed by atoms with Gasteiger partial charge in [-0.1, -0.05) is 51.7 Å². The van der Waals surface area contributed by atoms with Gasteiger partial charge < -0.3 is 10.2 Å². The van der Waals surface area contributed by atoms with Gasteiger partial charge in [-0.2, -0.15) is 0 Å². The van der Waals surface area contributed by atoms with Gasteiger partial charge in [-0.3, -0.25) is 0 Å². The van der Waals surface area contributed by atoms with Gasteiger partial charge in [0.2, 0.25) is 0 Å². The number of unbranched alkanes of at least 4 members (excludes halogenated alkanes) is 3. The molecule has 1 aromatic rings. The van der Waals surface area contributed by atoms with Crippen molar-refractivity contribution in [1.29, 1.82) is 0 Å². The minimum Gasteiger partial charge on any atom is -0.873 e. The van der Waals surface area contributed by atoms with Gasteiger partial charge in [-0.15, -0.1) is 11.5 Å². The predicted molar refractivity (Wildman–Crippen MR) is 76.6 cm³/mol. The molecule has 0 amide bonds. The Hall–Kier alpha value is -0.686. The summed E-state index contributed by atoms with van der Waals surface area (Å²) >= 11 is 0. The first-order chi connectivity index (χ1) is 9.15. The fourth-order valence-electron chi connectivity index (χ4n) is 2.62. The van der Waals surface area contributed by atoms with E-state index in [4.69, 9.17) is 0 Å². The monoisotopic (exact) mass is 320 g/mol. The van der Waals surface area contributed by atoms with E-state index in [0.29, 0.717) is 6.42 Å². The Morgan fingerprint density at radius 3 is 2.05 bits per heavy atom. The summed E-state index contributed by atoms with van der Waals surface area (Å²) in [5, 5.41) is 23.7. The molecule has 0 heterocycles. The molecular formula is C17H26NiO2. The Balaban J connectivity index is 0.00000361. The Morgan fingerprint density at radius 2 is 1.50 bits per heavy atom. The van der Waals surface area contributed by atoms with Crippen LogP contribution < -0.4 is 10.2 Å². The summed E-state index contributed by atoms with van der Waals surface area (Å²) in [4.78, 5) is 0. The fourth-order valence-corrected chi connectivity index (χ4v) is 2.62. The van der Waals surface area contributed by atoms with E-state index in [2.05, 4.69) is 13.8 Å². The van der Waals surface area contributed by atoms with E-state index in [-0.39, 0.29) is 28.0 Å². The molecule has 2 nitrogen and oxygen atoms in total. The molecule has 0 saturated heterocycles. The average Bonchev–Trinajstić information content (AvgIpc) is 2.41. The van der Waals surface area contributed by atoms with Crippen LogP contribution in [0.2, 0.25) is 0 Å². The van der Waals surface area contributed by atoms with Crippen molar-refractivity contribution in [3.63, 3.8) is 0 Å².